The Kier molecular flexibility index (Phi) is 11.2. The van der Waals surface area contributed by atoms with E-state index in [2.05, 4.69) is 0 Å². The first-order valence-corrected chi connectivity index (χ1v) is 13.9. The summed E-state index contributed by atoms with van der Waals surface area (Å²) in [5.41, 5.74) is 0.441. The van der Waals surface area contributed by atoms with E-state index in [0.29, 0.717) is 17.1 Å². The Bertz CT molecular complexity index is 1350. The lowest BCUT2D eigenvalue weighted by Gasteiger charge is -2.42. The van der Waals surface area contributed by atoms with Gasteiger partial charge in [-0.25, -0.2) is 0 Å². The van der Waals surface area contributed by atoms with Gasteiger partial charge in [-0.3, -0.25) is 4.79 Å². The number of allylic oxidation sites excluding steroid dienone is 1. The molecule has 0 unspecified atom stereocenters. The molecule has 248 valence electrons. The number of ether oxygens (including phenoxy) is 7. The minimum Gasteiger partial charge on any atom is -0.507 e. The summed E-state index contributed by atoms with van der Waals surface area (Å²) in [6.45, 7) is 0.972. The van der Waals surface area contributed by atoms with Gasteiger partial charge in [0.05, 0.1) is 34.0 Å². The highest BCUT2D eigenvalue weighted by Crippen LogP contribution is 2.36. The molecule has 10 atom stereocenters. The molecule has 0 aliphatic carbocycles. The normalized spacial score (nSPS) is 31.9. The molecule has 2 aromatic carbocycles. The summed E-state index contributed by atoms with van der Waals surface area (Å²) >= 11 is 0. The van der Waals surface area contributed by atoms with Gasteiger partial charge in [0.25, 0.3) is 0 Å². The fourth-order valence-electron chi connectivity index (χ4n) is 4.89. The van der Waals surface area contributed by atoms with Crippen LogP contribution in [0.2, 0.25) is 0 Å². The lowest BCUT2D eigenvalue weighted by molar-refractivity contribution is -0.318. The van der Waals surface area contributed by atoms with Crippen molar-refractivity contribution in [2.24, 2.45) is 0 Å². The third-order valence-electron chi connectivity index (χ3n) is 7.51. The first kappa shape index (κ1) is 34.4. The maximum atomic E-state index is 13.0. The topological polar surface area (TPSA) is 223 Å². The lowest BCUT2D eigenvalue weighted by Crippen LogP contribution is -2.61. The van der Waals surface area contributed by atoms with Crippen molar-refractivity contribution >= 4 is 11.9 Å². The molecule has 15 heteroatoms. The molecule has 0 amide bonds. The summed E-state index contributed by atoms with van der Waals surface area (Å²) in [4.78, 5) is 13.0. The third kappa shape index (κ3) is 7.49. The van der Waals surface area contributed by atoms with E-state index in [4.69, 9.17) is 33.2 Å². The minimum absolute atomic E-state index is 0.0731. The van der Waals surface area contributed by atoms with Crippen LogP contribution in [-0.4, -0.2) is 131 Å². The maximum Gasteiger partial charge on any atom is 0.229 e. The van der Waals surface area contributed by atoms with Crippen LogP contribution in [0.4, 0.5) is 0 Å². The predicted molar refractivity (Wildman–Crippen MR) is 153 cm³/mol. The number of phenols is 1. The Hall–Kier alpha value is -3.51. The zero-order valence-electron chi connectivity index (χ0n) is 24.9. The second-order valence-corrected chi connectivity index (χ2v) is 10.5. The van der Waals surface area contributed by atoms with E-state index in [9.17, 15) is 40.5 Å². The van der Waals surface area contributed by atoms with Crippen LogP contribution in [0, 0.1) is 0 Å². The highest BCUT2D eigenvalue weighted by atomic mass is 16.7. The van der Waals surface area contributed by atoms with Crippen molar-refractivity contribution in [1.29, 1.82) is 0 Å². The molecule has 2 aliphatic rings. The molecule has 45 heavy (non-hydrogen) atoms. The van der Waals surface area contributed by atoms with Gasteiger partial charge in [-0.1, -0.05) is 12.1 Å². The van der Waals surface area contributed by atoms with Crippen LogP contribution >= 0.6 is 0 Å². The van der Waals surface area contributed by atoms with E-state index >= 15 is 0 Å². The fraction of sp³-hybridized carbons (Fsp3) is 0.500. The monoisotopic (exact) mass is 638 g/mol. The fourth-order valence-corrected chi connectivity index (χ4v) is 4.89. The van der Waals surface area contributed by atoms with Gasteiger partial charge < -0.3 is 68.9 Å². The highest BCUT2D eigenvalue weighted by molar-refractivity contribution is 6.10. The van der Waals surface area contributed by atoms with Crippen LogP contribution in [0.15, 0.2) is 36.4 Å². The van der Waals surface area contributed by atoms with Crippen molar-refractivity contribution < 1.29 is 73.7 Å². The second-order valence-electron chi connectivity index (χ2n) is 10.5. The van der Waals surface area contributed by atoms with E-state index in [0.717, 1.165) is 6.07 Å². The van der Waals surface area contributed by atoms with Crippen molar-refractivity contribution in [1.82, 2.24) is 0 Å². The van der Waals surface area contributed by atoms with Gasteiger partial charge in [0, 0.05) is 12.1 Å². The van der Waals surface area contributed by atoms with E-state index in [1.807, 2.05) is 0 Å². The number of aliphatic hydroxyl groups is 6. The number of carbonyl (C=O) groups is 1. The molecule has 4 rings (SSSR count). The smallest absolute Gasteiger partial charge is 0.229 e. The molecule has 7 N–H and O–H groups in total. The number of aliphatic hydroxyl groups excluding tert-OH is 6. The van der Waals surface area contributed by atoms with Gasteiger partial charge in [-0.05, 0) is 30.7 Å². The molecule has 0 spiro atoms. The Morgan fingerprint density at radius 3 is 2.09 bits per heavy atom. The van der Waals surface area contributed by atoms with Crippen molar-refractivity contribution in [3.63, 3.8) is 0 Å². The number of methoxy groups -OCH3 is 3. The number of rotatable bonds is 11. The van der Waals surface area contributed by atoms with Crippen LogP contribution in [0.25, 0.3) is 6.08 Å². The van der Waals surface area contributed by atoms with E-state index < -0.39 is 79.6 Å². The molecule has 2 fully saturated rings. The Balaban J connectivity index is 1.47. The van der Waals surface area contributed by atoms with Gasteiger partial charge in [0.15, 0.2) is 23.6 Å². The average molecular weight is 639 g/mol. The summed E-state index contributed by atoms with van der Waals surface area (Å²) in [6.07, 6.45) is -12.2. The van der Waals surface area contributed by atoms with Crippen molar-refractivity contribution in [3.05, 3.63) is 47.5 Å². The van der Waals surface area contributed by atoms with Gasteiger partial charge in [0.1, 0.15) is 65.5 Å². The molecule has 2 aliphatic heterocycles. The highest BCUT2D eigenvalue weighted by Gasteiger charge is 2.47. The lowest BCUT2D eigenvalue weighted by atomic mass is 9.98. The molecular weight excluding hydrogens is 600 g/mol. The van der Waals surface area contributed by atoms with Gasteiger partial charge in [0.2, 0.25) is 6.29 Å². The number of ketones is 1. The van der Waals surface area contributed by atoms with Crippen LogP contribution in [0.5, 0.6) is 28.7 Å². The summed E-state index contributed by atoms with van der Waals surface area (Å²) < 4.78 is 37.9. The first-order valence-electron chi connectivity index (χ1n) is 13.9. The molecule has 2 aromatic rings. The number of aromatic hydroxyl groups is 1. The van der Waals surface area contributed by atoms with Crippen molar-refractivity contribution in [2.75, 3.05) is 27.9 Å². The zero-order chi connectivity index (χ0) is 33.0. The molecule has 15 nitrogen and oxygen atoms in total. The number of benzene rings is 2. The molecule has 0 saturated carbocycles. The first-order chi connectivity index (χ1) is 21.4. The quantitative estimate of drug-likeness (QED) is 0.120. The number of carbonyl (C=O) groups excluding carboxylic acids is 1. The molecular formula is C30H38O15. The molecule has 2 heterocycles. The largest absolute Gasteiger partial charge is 0.507 e. The Morgan fingerprint density at radius 1 is 0.778 bits per heavy atom. The van der Waals surface area contributed by atoms with Crippen LogP contribution in [-0.2, 0) is 14.2 Å². The number of hydrogen-bond donors (Lipinski definition) is 7. The maximum absolute atomic E-state index is 13.0. The molecule has 0 aromatic heterocycles. The standard InChI is InChI=1S/C30H38O15/c1-13-23(33)25(35)27(37)29(43-13)42-12-21-24(34)26(36)28(38)30(45-21)44-15-10-17(32)22(20(11-15)41-4)16(31)7-5-14-6-8-18(39-2)19(9-14)40-3/h5-11,13,21,23-30,32-38H,12H2,1-4H3/b7-5+/t13-,21+,23-,24+,25+,26-,27+,28+,29+,30-/m0/s1. The van der Waals surface area contributed by atoms with E-state index in [-0.39, 0.29) is 17.1 Å². The number of hydrogen-bond acceptors (Lipinski definition) is 15. The summed E-state index contributed by atoms with van der Waals surface area (Å²) in [7, 11) is 4.25. The predicted octanol–water partition coefficient (Wildman–Crippen LogP) is -0.655. The van der Waals surface area contributed by atoms with Gasteiger partial charge in [-0.15, -0.1) is 0 Å². The molecule has 0 radical (unpaired) electrons. The Morgan fingerprint density at radius 2 is 1.42 bits per heavy atom. The van der Waals surface area contributed by atoms with Crippen LogP contribution in [0.3, 0.4) is 0 Å². The SMILES string of the molecule is COc1ccc(/C=C/C(=O)c2c(O)cc(O[C@H]3O[C@H](CO[C@@H]4O[C@@H](C)[C@H](O)[C@@H](O)[C@H]4O)[C@@H](O)[C@H](O)[C@H]3O)cc2OC)cc1OC. The number of phenolic OH excluding ortho intramolecular Hbond substituents is 1. The summed E-state index contributed by atoms with van der Waals surface area (Å²) in [5.74, 6) is -0.341. The molecule has 0 bridgehead atoms. The second kappa shape index (κ2) is 14.7. The van der Waals surface area contributed by atoms with Crippen LogP contribution in [0.1, 0.15) is 22.8 Å². The summed E-state index contributed by atoms with van der Waals surface area (Å²) in [6, 6.07) is 7.38. The van der Waals surface area contributed by atoms with Gasteiger partial charge >= 0.3 is 0 Å². The average Bonchev–Trinajstić information content (AvgIpc) is 3.03. The van der Waals surface area contributed by atoms with Crippen molar-refractivity contribution in [2.45, 2.75) is 68.3 Å². The summed E-state index contributed by atoms with van der Waals surface area (Å²) in [5, 5.41) is 72.2. The van der Waals surface area contributed by atoms with Crippen molar-refractivity contribution in [3.8, 4) is 28.7 Å². The van der Waals surface area contributed by atoms with Crippen LogP contribution < -0.4 is 18.9 Å². The zero-order valence-corrected chi connectivity index (χ0v) is 24.9. The third-order valence-corrected chi connectivity index (χ3v) is 7.51. The van der Waals surface area contributed by atoms with E-state index in [1.54, 1.807) is 18.2 Å². The van der Waals surface area contributed by atoms with Gasteiger partial charge in [-0.2, -0.15) is 0 Å². The molecule has 2 saturated heterocycles. The minimum atomic E-state index is -1.76. The van der Waals surface area contributed by atoms with E-state index in [1.165, 1.54) is 46.5 Å². The Labute approximate surface area is 258 Å².